The number of hydrogen-bond acceptors (Lipinski definition) is 5. The van der Waals surface area contributed by atoms with Gasteiger partial charge < -0.3 is 20.1 Å². The maximum atomic E-state index is 9.80. The van der Waals surface area contributed by atoms with Crippen LogP contribution >= 0.6 is 15.9 Å². The highest BCUT2D eigenvalue weighted by molar-refractivity contribution is 9.10. The van der Waals surface area contributed by atoms with Gasteiger partial charge in [0.15, 0.2) is 0 Å². The van der Waals surface area contributed by atoms with Crippen molar-refractivity contribution in [3.8, 4) is 0 Å². The van der Waals surface area contributed by atoms with E-state index in [0.717, 1.165) is 0 Å². The van der Waals surface area contributed by atoms with E-state index in [4.69, 9.17) is 9.84 Å². The van der Waals surface area contributed by atoms with Gasteiger partial charge in [-0.3, -0.25) is 0 Å². The van der Waals surface area contributed by atoms with Gasteiger partial charge in [-0.2, -0.15) is 0 Å². The van der Waals surface area contributed by atoms with E-state index in [2.05, 4.69) is 20.9 Å². The monoisotopic (exact) mass is 289 g/mol. The smallest absolute Gasteiger partial charge is 0.114 e. The molecule has 1 aliphatic rings. The third-order valence-electron chi connectivity index (χ3n) is 2.64. The Balaban J connectivity index is 2.26. The highest BCUT2D eigenvalue weighted by atomic mass is 79.9. The standard InChI is InChI=1S/C10H12BrNO4/c11-10-5(2-1-3-12-10)9-8(15)7(14)6(4-13)16-9/h1-3,6-9,13-15H,4H2/t6-,7-,8-,9+/m1/s1. The van der Waals surface area contributed by atoms with Crippen LogP contribution in [0, 0.1) is 0 Å². The van der Waals surface area contributed by atoms with E-state index in [1.165, 1.54) is 0 Å². The molecular formula is C10H12BrNO4. The quantitative estimate of drug-likeness (QED) is 0.668. The van der Waals surface area contributed by atoms with E-state index < -0.39 is 24.4 Å². The van der Waals surface area contributed by atoms with Gasteiger partial charge in [-0.25, -0.2) is 4.98 Å². The second kappa shape index (κ2) is 4.77. The summed E-state index contributed by atoms with van der Waals surface area (Å²) in [5.41, 5.74) is 0.657. The van der Waals surface area contributed by atoms with Crippen LogP contribution in [0.15, 0.2) is 22.9 Å². The molecule has 1 aliphatic heterocycles. The molecule has 88 valence electrons. The molecule has 0 radical (unpaired) electrons. The minimum absolute atomic E-state index is 0.327. The van der Waals surface area contributed by atoms with E-state index in [1.54, 1.807) is 18.3 Å². The van der Waals surface area contributed by atoms with Gasteiger partial charge in [0.25, 0.3) is 0 Å². The number of ether oxygens (including phenoxy) is 1. The first kappa shape index (κ1) is 11.9. The molecule has 16 heavy (non-hydrogen) atoms. The summed E-state index contributed by atoms with van der Waals surface area (Å²) in [5, 5.41) is 28.4. The molecule has 1 aromatic rings. The molecule has 2 rings (SSSR count). The van der Waals surface area contributed by atoms with Crippen LogP contribution in [0.25, 0.3) is 0 Å². The summed E-state index contributed by atoms with van der Waals surface area (Å²) in [7, 11) is 0. The van der Waals surface area contributed by atoms with Crippen molar-refractivity contribution in [3.63, 3.8) is 0 Å². The van der Waals surface area contributed by atoms with Crippen molar-refractivity contribution in [2.75, 3.05) is 6.61 Å². The number of hydrogen-bond donors (Lipinski definition) is 3. The first-order valence-electron chi connectivity index (χ1n) is 4.88. The zero-order valence-electron chi connectivity index (χ0n) is 8.32. The Bertz CT molecular complexity index is 376. The predicted octanol–water partition coefficient (Wildman–Crippen LogP) is -0.00190. The highest BCUT2D eigenvalue weighted by Gasteiger charge is 2.43. The number of aliphatic hydroxyl groups excluding tert-OH is 3. The molecule has 0 saturated carbocycles. The number of aliphatic hydroxyl groups is 3. The Morgan fingerprint density at radius 3 is 2.69 bits per heavy atom. The molecule has 0 aliphatic carbocycles. The lowest BCUT2D eigenvalue weighted by molar-refractivity contribution is -0.0230. The summed E-state index contributed by atoms with van der Waals surface area (Å²) >= 11 is 3.25. The number of pyridine rings is 1. The Labute approximate surface area is 101 Å². The summed E-state index contributed by atoms with van der Waals surface area (Å²) in [5.74, 6) is 0. The van der Waals surface area contributed by atoms with Crippen molar-refractivity contribution >= 4 is 15.9 Å². The van der Waals surface area contributed by atoms with Crippen molar-refractivity contribution < 1.29 is 20.1 Å². The predicted molar refractivity (Wildman–Crippen MR) is 58.7 cm³/mol. The SMILES string of the molecule is OC[C@H]1O[C@@H](c2cccnc2Br)[C@H](O)[C@@H]1O. The normalized spacial score (nSPS) is 34.2. The maximum Gasteiger partial charge on any atom is 0.114 e. The minimum Gasteiger partial charge on any atom is -0.394 e. The van der Waals surface area contributed by atoms with E-state index in [9.17, 15) is 10.2 Å². The fourth-order valence-electron chi connectivity index (χ4n) is 1.77. The molecule has 0 aromatic carbocycles. The Morgan fingerprint density at radius 2 is 2.12 bits per heavy atom. The molecule has 5 nitrogen and oxygen atoms in total. The Hall–Kier alpha value is -0.530. The molecule has 1 saturated heterocycles. The molecule has 1 aromatic heterocycles. The van der Waals surface area contributed by atoms with Gasteiger partial charge in [0.2, 0.25) is 0 Å². The van der Waals surface area contributed by atoms with E-state index in [1.807, 2.05) is 0 Å². The maximum absolute atomic E-state index is 9.80. The second-order valence-electron chi connectivity index (χ2n) is 3.64. The van der Waals surface area contributed by atoms with Crippen LogP contribution in [0.2, 0.25) is 0 Å². The first-order chi connectivity index (χ1) is 7.65. The fourth-order valence-corrected chi connectivity index (χ4v) is 2.24. The molecule has 0 spiro atoms. The van der Waals surface area contributed by atoms with Gasteiger partial charge in [-0.15, -0.1) is 0 Å². The summed E-state index contributed by atoms with van der Waals surface area (Å²) < 4.78 is 5.94. The van der Waals surface area contributed by atoms with Crippen molar-refractivity contribution in [2.45, 2.75) is 24.4 Å². The molecule has 6 heteroatoms. The molecule has 1 fully saturated rings. The lowest BCUT2D eigenvalue weighted by Crippen LogP contribution is -2.32. The largest absolute Gasteiger partial charge is 0.394 e. The fraction of sp³-hybridized carbons (Fsp3) is 0.500. The van der Waals surface area contributed by atoms with E-state index >= 15 is 0 Å². The zero-order valence-corrected chi connectivity index (χ0v) is 9.91. The van der Waals surface area contributed by atoms with Gasteiger partial charge in [0.05, 0.1) is 6.61 Å². The van der Waals surface area contributed by atoms with Gasteiger partial charge in [-0.1, -0.05) is 6.07 Å². The number of halogens is 1. The van der Waals surface area contributed by atoms with E-state index in [0.29, 0.717) is 10.2 Å². The third-order valence-corrected chi connectivity index (χ3v) is 3.30. The molecule has 2 heterocycles. The summed E-state index contributed by atoms with van der Waals surface area (Å²) in [4.78, 5) is 4.02. The Morgan fingerprint density at radius 1 is 1.38 bits per heavy atom. The first-order valence-corrected chi connectivity index (χ1v) is 5.67. The highest BCUT2D eigenvalue weighted by Crippen LogP contribution is 2.35. The Kier molecular flexibility index (Phi) is 3.56. The van der Waals surface area contributed by atoms with Crippen molar-refractivity contribution in [1.29, 1.82) is 0 Å². The van der Waals surface area contributed by atoms with Gasteiger partial charge >= 0.3 is 0 Å². The molecule has 4 atom stereocenters. The zero-order chi connectivity index (χ0) is 11.7. The number of nitrogens with zero attached hydrogens (tertiary/aromatic N) is 1. The van der Waals surface area contributed by atoms with Gasteiger partial charge in [0, 0.05) is 11.8 Å². The van der Waals surface area contributed by atoms with Crippen LogP contribution in [-0.4, -0.2) is 45.2 Å². The molecule has 0 amide bonds. The van der Waals surface area contributed by atoms with Crippen LogP contribution < -0.4 is 0 Å². The average Bonchev–Trinajstić information content (AvgIpc) is 2.57. The lowest BCUT2D eigenvalue weighted by Gasteiger charge is -2.15. The van der Waals surface area contributed by atoms with Crippen molar-refractivity contribution in [3.05, 3.63) is 28.5 Å². The number of aromatic nitrogens is 1. The third kappa shape index (κ3) is 1.99. The van der Waals surface area contributed by atoms with Crippen LogP contribution in [0.5, 0.6) is 0 Å². The summed E-state index contributed by atoms with van der Waals surface area (Å²) in [6.07, 6.45) is -1.96. The lowest BCUT2D eigenvalue weighted by atomic mass is 10.0. The van der Waals surface area contributed by atoms with Crippen molar-refractivity contribution in [1.82, 2.24) is 4.98 Å². The van der Waals surface area contributed by atoms with Crippen LogP contribution in [0.1, 0.15) is 11.7 Å². The minimum atomic E-state index is -1.08. The topological polar surface area (TPSA) is 82.8 Å². The van der Waals surface area contributed by atoms with Crippen LogP contribution in [-0.2, 0) is 4.74 Å². The molecule has 3 N–H and O–H groups in total. The van der Waals surface area contributed by atoms with Crippen molar-refractivity contribution in [2.24, 2.45) is 0 Å². The van der Waals surface area contributed by atoms with Gasteiger partial charge in [-0.05, 0) is 22.0 Å². The number of rotatable bonds is 2. The van der Waals surface area contributed by atoms with Crippen LogP contribution in [0.3, 0.4) is 0 Å². The molecular weight excluding hydrogens is 278 g/mol. The molecule has 0 bridgehead atoms. The van der Waals surface area contributed by atoms with Crippen LogP contribution in [0.4, 0.5) is 0 Å². The average molecular weight is 290 g/mol. The molecule has 0 unspecified atom stereocenters. The summed E-state index contributed by atoms with van der Waals surface area (Å²) in [6, 6.07) is 3.46. The summed E-state index contributed by atoms with van der Waals surface area (Å²) in [6.45, 7) is -0.327. The second-order valence-corrected chi connectivity index (χ2v) is 4.39. The van der Waals surface area contributed by atoms with Gasteiger partial charge in [0.1, 0.15) is 29.0 Å². The van der Waals surface area contributed by atoms with E-state index in [-0.39, 0.29) is 6.61 Å².